The highest BCUT2D eigenvalue weighted by molar-refractivity contribution is 6.34. The average Bonchev–Trinajstić information content (AvgIpc) is 3.24. The quantitative estimate of drug-likeness (QED) is 0.438. The first-order chi connectivity index (χ1) is 15.8. The Balaban J connectivity index is 1.80. The number of amides is 2. The van der Waals surface area contributed by atoms with Crippen molar-refractivity contribution in [3.8, 4) is 11.3 Å². The van der Waals surface area contributed by atoms with E-state index in [1.54, 1.807) is 49.2 Å². The maximum atomic E-state index is 13.4. The Morgan fingerprint density at radius 3 is 2.45 bits per heavy atom. The molecule has 7 nitrogen and oxygen atoms in total. The number of carbonyl (C=O) groups is 2. The van der Waals surface area contributed by atoms with Crippen molar-refractivity contribution < 1.29 is 9.59 Å². The number of benzene rings is 2. The molecule has 2 aromatic heterocycles. The molecule has 0 radical (unpaired) electrons. The maximum absolute atomic E-state index is 13.4. The van der Waals surface area contributed by atoms with Crippen molar-refractivity contribution in [2.45, 2.75) is 19.9 Å². The number of nitrogens with one attached hydrogen (secondary N) is 1. The Labute approximate surface area is 197 Å². The molecule has 0 saturated heterocycles. The van der Waals surface area contributed by atoms with Crippen LogP contribution < -0.4 is 5.32 Å². The van der Waals surface area contributed by atoms with Crippen LogP contribution in [-0.4, -0.2) is 45.6 Å². The molecular formula is C25H24ClN5O2. The second-order valence-corrected chi connectivity index (χ2v) is 8.60. The van der Waals surface area contributed by atoms with Crippen LogP contribution in [0.4, 0.5) is 5.69 Å². The molecule has 4 rings (SSSR count). The summed E-state index contributed by atoms with van der Waals surface area (Å²) >= 11 is 6.33. The first-order valence-electron chi connectivity index (χ1n) is 10.5. The van der Waals surface area contributed by atoms with Crippen LogP contribution in [0.1, 0.15) is 40.6 Å². The minimum absolute atomic E-state index is 0.0695. The minimum Gasteiger partial charge on any atom is -0.345 e. The van der Waals surface area contributed by atoms with E-state index in [0.717, 1.165) is 5.56 Å². The Morgan fingerprint density at radius 1 is 1.06 bits per heavy atom. The summed E-state index contributed by atoms with van der Waals surface area (Å²) in [6.07, 6.45) is 1.65. The summed E-state index contributed by atoms with van der Waals surface area (Å²) in [6.45, 7) is 4.02. The van der Waals surface area contributed by atoms with Crippen LogP contribution in [-0.2, 0) is 0 Å². The molecule has 0 spiro atoms. The Bertz CT molecular complexity index is 1350. The van der Waals surface area contributed by atoms with Gasteiger partial charge in [0.25, 0.3) is 11.8 Å². The molecule has 8 heteroatoms. The number of hydrogen-bond acceptors (Lipinski definition) is 4. The van der Waals surface area contributed by atoms with Gasteiger partial charge in [-0.1, -0.05) is 41.9 Å². The molecule has 0 fully saturated rings. The smallest absolute Gasteiger partial charge is 0.256 e. The summed E-state index contributed by atoms with van der Waals surface area (Å²) in [5.41, 5.74) is 3.39. The lowest BCUT2D eigenvalue weighted by Crippen LogP contribution is -2.22. The van der Waals surface area contributed by atoms with E-state index in [1.807, 2.05) is 44.2 Å². The zero-order chi connectivity index (χ0) is 23.7. The highest BCUT2D eigenvalue weighted by Crippen LogP contribution is 2.29. The number of aromatic nitrogens is 3. The summed E-state index contributed by atoms with van der Waals surface area (Å²) in [6, 6.07) is 16.3. The van der Waals surface area contributed by atoms with Crippen molar-refractivity contribution in [3.05, 3.63) is 76.9 Å². The minimum atomic E-state index is -0.362. The van der Waals surface area contributed by atoms with Crippen molar-refractivity contribution in [1.82, 2.24) is 19.7 Å². The van der Waals surface area contributed by atoms with Crippen molar-refractivity contribution in [1.29, 1.82) is 0 Å². The van der Waals surface area contributed by atoms with Gasteiger partial charge in [0.05, 0.1) is 33.6 Å². The summed E-state index contributed by atoms with van der Waals surface area (Å²) in [5.74, 6) is -0.544. The molecule has 4 aromatic rings. The van der Waals surface area contributed by atoms with E-state index in [4.69, 9.17) is 16.6 Å². The highest BCUT2D eigenvalue weighted by atomic mass is 35.5. The summed E-state index contributed by atoms with van der Waals surface area (Å²) in [4.78, 5) is 32.0. The Kier molecular flexibility index (Phi) is 6.16. The van der Waals surface area contributed by atoms with Gasteiger partial charge in [-0.05, 0) is 38.1 Å². The normalized spacial score (nSPS) is 11.1. The van der Waals surface area contributed by atoms with E-state index >= 15 is 0 Å². The SMILES string of the molecule is CC(C)n1ncc2c(C(=O)Nc3cc(C(=O)N(C)C)ccc3Cl)cc(-c3ccccc3)nc21. The molecule has 2 heterocycles. The molecule has 0 atom stereocenters. The van der Waals surface area contributed by atoms with Crippen molar-refractivity contribution in [2.24, 2.45) is 0 Å². The standard InChI is InChI=1S/C25H24ClN5O2/c1-15(2)31-23-19(14-27-31)18(13-21(28-23)16-8-6-5-7-9-16)24(32)29-22-12-17(10-11-20(22)26)25(33)30(3)4/h5-15H,1-4H3,(H,29,32). The van der Waals surface area contributed by atoms with E-state index in [2.05, 4.69) is 10.4 Å². The van der Waals surface area contributed by atoms with Crippen molar-refractivity contribution in [2.75, 3.05) is 19.4 Å². The van der Waals surface area contributed by atoms with Crippen LogP contribution in [0.3, 0.4) is 0 Å². The van der Waals surface area contributed by atoms with Gasteiger partial charge in [0.1, 0.15) is 0 Å². The molecule has 2 aromatic carbocycles. The first-order valence-corrected chi connectivity index (χ1v) is 10.9. The third kappa shape index (κ3) is 4.45. The number of fused-ring (bicyclic) bond motifs is 1. The summed E-state index contributed by atoms with van der Waals surface area (Å²) in [7, 11) is 3.33. The predicted molar refractivity (Wildman–Crippen MR) is 131 cm³/mol. The van der Waals surface area contributed by atoms with Crippen LogP contribution in [0.2, 0.25) is 5.02 Å². The molecule has 0 saturated carbocycles. The van der Waals surface area contributed by atoms with E-state index < -0.39 is 0 Å². The van der Waals surface area contributed by atoms with Crippen LogP contribution in [0.5, 0.6) is 0 Å². The molecule has 0 bridgehead atoms. The lowest BCUT2D eigenvalue weighted by Gasteiger charge is -2.14. The van der Waals surface area contributed by atoms with Crippen LogP contribution in [0.15, 0.2) is 60.8 Å². The van der Waals surface area contributed by atoms with Gasteiger partial charge in [0.15, 0.2) is 5.65 Å². The number of hydrogen-bond donors (Lipinski definition) is 1. The number of pyridine rings is 1. The van der Waals surface area contributed by atoms with Crippen LogP contribution in [0, 0.1) is 0 Å². The topological polar surface area (TPSA) is 80.1 Å². The van der Waals surface area contributed by atoms with Crippen molar-refractivity contribution in [3.63, 3.8) is 0 Å². The van der Waals surface area contributed by atoms with Gasteiger partial charge in [-0.2, -0.15) is 5.10 Å². The number of anilines is 1. The molecule has 0 aliphatic carbocycles. The van der Waals surface area contributed by atoms with E-state index in [0.29, 0.717) is 38.6 Å². The van der Waals surface area contributed by atoms with E-state index in [1.165, 1.54) is 4.90 Å². The van der Waals surface area contributed by atoms with Crippen molar-refractivity contribution >= 4 is 40.1 Å². The zero-order valence-corrected chi connectivity index (χ0v) is 19.6. The zero-order valence-electron chi connectivity index (χ0n) is 18.8. The fraction of sp³-hybridized carbons (Fsp3) is 0.200. The largest absolute Gasteiger partial charge is 0.345 e. The number of rotatable bonds is 5. The molecule has 0 aliphatic heterocycles. The molecule has 168 valence electrons. The van der Waals surface area contributed by atoms with Crippen LogP contribution in [0.25, 0.3) is 22.3 Å². The monoisotopic (exact) mass is 461 g/mol. The highest BCUT2D eigenvalue weighted by Gasteiger charge is 2.20. The van der Waals surface area contributed by atoms with Gasteiger partial charge in [0, 0.05) is 31.3 Å². The van der Waals surface area contributed by atoms with Gasteiger partial charge >= 0.3 is 0 Å². The first kappa shape index (κ1) is 22.5. The van der Waals surface area contributed by atoms with Gasteiger partial charge < -0.3 is 10.2 Å². The van der Waals surface area contributed by atoms with Gasteiger partial charge in [-0.15, -0.1) is 0 Å². The fourth-order valence-corrected chi connectivity index (χ4v) is 3.71. The number of carbonyl (C=O) groups excluding carboxylic acids is 2. The fourth-order valence-electron chi connectivity index (χ4n) is 3.54. The predicted octanol–water partition coefficient (Wildman–Crippen LogP) is 5.29. The third-order valence-electron chi connectivity index (χ3n) is 5.24. The average molecular weight is 462 g/mol. The third-order valence-corrected chi connectivity index (χ3v) is 5.57. The van der Waals surface area contributed by atoms with Gasteiger partial charge in [-0.3, -0.25) is 9.59 Å². The van der Waals surface area contributed by atoms with Gasteiger partial charge in [0.2, 0.25) is 0 Å². The number of halogens is 1. The second kappa shape index (κ2) is 9.03. The molecule has 33 heavy (non-hydrogen) atoms. The summed E-state index contributed by atoms with van der Waals surface area (Å²) < 4.78 is 1.79. The summed E-state index contributed by atoms with van der Waals surface area (Å²) in [5, 5.41) is 8.29. The van der Waals surface area contributed by atoms with E-state index in [-0.39, 0.29) is 17.9 Å². The maximum Gasteiger partial charge on any atom is 0.256 e. The molecule has 0 aliphatic rings. The number of nitrogens with zero attached hydrogens (tertiary/aromatic N) is 4. The van der Waals surface area contributed by atoms with Crippen LogP contribution >= 0.6 is 11.6 Å². The Morgan fingerprint density at radius 2 is 1.79 bits per heavy atom. The van der Waals surface area contributed by atoms with Gasteiger partial charge in [-0.25, -0.2) is 9.67 Å². The molecule has 0 unspecified atom stereocenters. The lowest BCUT2D eigenvalue weighted by atomic mass is 10.1. The lowest BCUT2D eigenvalue weighted by molar-refractivity contribution is 0.0827. The van der Waals surface area contributed by atoms with E-state index in [9.17, 15) is 9.59 Å². The Hall–Kier alpha value is -3.71. The molecule has 1 N–H and O–H groups in total. The molecular weight excluding hydrogens is 438 g/mol. The molecule has 2 amide bonds. The second-order valence-electron chi connectivity index (χ2n) is 8.19.